The molecule has 0 saturated carbocycles. The average molecular weight is 654 g/mol. The molecule has 1 fully saturated rings. The van der Waals surface area contributed by atoms with Crippen molar-refractivity contribution in [2.75, 3.05) is 16.3 Å². The van der Waals surface area contributed by atoms with Crippen LogP contribution >= 0.6 is 0 Å². The molecule has 8 atom stereocenters. The minimum atomic E-state index is 0.306. The van der Waals surface area contributed by atoms with Crippen LogP contribution in [-0.4, -0.2) is 36.9 Å². The quantitative estimate of drug-likeness (QED) is 0.299. The van der Waals surface area contributed by atoms with E-state index >= 15 is 0 Å². The Balaban J connectivity index is 0.968. The van der Waals surface area contributed by atoms with Gasteiger partial charge in [-0.2, -0.15) is 0 Å². The van der Waals surface area contributed by atoms with Gasteiger partial charge < -0.3 is 9.80 Å². The lowest BCUT2D eigenvalue weighted by atomic mass is 9.76. The zero-order valence-electron chi connectivity index (χ0n) is 29.1. The van der Waals surface area contributed by atoms with Gasteiger partial charge in [-0.1, -0.05) is 110 Å². The number of hydrogen-bond acceptors (Lipinski definition) is 3. The lowest BCUT2D eigenvalue weighted by Gasteiger charge is -2.39. The zero-order valence-corrected chi connectivity index (χ0v) is 29.1. The Morgan fingerprint density at radius 3 is 2.44 bits per heavy atom. The molecule has 5 aliphatic carbocycles. The van der Waals surface area contributed by atoms with Crippen molar-refractivity contribution in [2.45, 2.75) is 75.5 Å². The molecular formula is C47H47N3. The van der Waals surface area contributed by atoms with Gasteiger partial charge in [-0.15, -0.1) is 0 Å². The van der Waals surface area contributed by atoms with Gasteiger partial charge >= 0.3 is 0 Å². The molecule has 10 rings (SSSR count). The maximum atomic E-state index is 4.48. The van der Waals surface area contributed by atoms with Crippen LogP contribution in [0.3, 0.4) is 0 Å². The maximum Gasteiger partial charge on any atom is 0.0586 e. The minimum Gasteiger partial charge on any atom is -0.364 e. The molecule has 0 aromatic heterocycles. The lowest BCUT2D eigenvalue weighted by Crippen LogP contribution is -2.44. The van der Waals surface area contributed by atoms with Crippen molar-refractivity contribution < 1.29 is 0 Å². The second-order valence-corrected chi connectivity index (χ2v) is 15.6. The summed E-state index contributed by atoms with van der Waals surface area (Å²) in [6.45, 7) is 3.17. The van der Waals surface area contributed by atoms with E-state index < -0.39 is 0 Å². The van der Waals surface area contributed by atoms with E-state index in [2.05, 4.69) is 149 Å². The molecule has 8 unspecified atom stereocenters. The van der Waals surface area contributed by atoms with E-state index in [0.29, 0.717) is 47.8 Å². The fraction of sp³-hybridized carbons (Fsp3) is 0.340. The first kappa shape index (κ1) is 30.2. The number of nitrogens with zero attached hydrogens (tertiary/aromatic N) is 3. The van der Waals surface area contributed by atoms with Crippen LogP contribution in [0.4, 0.5) is 11.4 Å². The molecule has 1 saturated heterocycles. The van der Waals surface area contributed by atoms with Crippen LogP contribution in [0.25, 0.3) is 11.1 Å². The standard InChI is InChI=1S/C47H47N3/c1-31-15-16-36(37-25-26-48-30-37)29-47(31)50-44-14-8-6-12-40(44)42-28-35(20-24-46(42)50)34-19-23-45-41(27-34)39-11-5-7-13-43(39)49(45)38-21-17-33(18-22-38)32-9-3-2-4-10-32/h2-3,5-6,8-9,11-12,14-18,20-22,24-25,27-31,39-41,43-45,47H,4,7,10,13,19,23,26H2,1H3. The van der Waals surface area contributed by atoms with Gasteiger partial charge in [0, 0.05) is 47.4 Å². The Kier molecular flexibility index (Phi) is 7.43. The Bertz CT molecular complexity index is 2010. The summed E-state index contributed by atoms with van der Waals surface area (Å²) in [4.78, 5) is 10.0. The molecule has 0 radical (unpaired) electrons. The first-order valence-electron chi connectivity index (χ1n) is 19.2. The van der Waals surface area contributed by atoms with Crippen LogP contribution in [0, 0.1) is 17.8 Å². The van der Waals surface area contributed by atoms with E-state index in [4.69, 9.17) is 0 Å². The van der Waals surface area contributed by atoms with E-state index in [1.54, 1.807) is 5.57 Å². The number of rotatable bonds is 5. The summed E-state index contributed by atoms with van der Waals surface area (Å²) in [5.74, 6) is 1.94. The number of benzene rings is 2. The highest BCUT2D eigenvalue weighted by molar-refractivity contribution is 5.88. The predicted octanol–water partition coefficient (Wildman–Crippen LogP) is 10.3. The highest BCUT2D eigenvalue weighted by Gasteiger charge is 2.49. The molecule has 0 spiro atoms. The molecule has 250 valence electrons. The van der Waals surface area contributed by atoms with Crippen LogP contribution in [0.15, 0.2) is 144 Å². The van der Waals surface area contributed by atoms with Crippen LogP contribution in [0.5, 0.6) is 0 Å². The van der Waals surface area contributed by atoms with Gasteiger partial charge in [0.1, 0.15) is 0 Å². The predicted molar refractivity (Wildman–Crippen MR) is 211 cm³/mol. The summed E-state index contributed by atoms with van der Waals surface area (Å²) in [7, 11) is 0. The van der Waals surface area contributed by atoms with E-state index in [-0.39, 0.29) is 0 Å². The van der Waals surface area contributed by atoms with Crippen molar-refractivity contribution in [3.63, 3.8) is 0 Å². The highest BCUT2D eigenvalue weighted by atomic mass is 15.2. The summed E-state index contributed by atoms with van der Waals surface area (Å²) < 4.78 is 0. The van der Waals surface area contributed by atoms with Crippen molar-refractivity contribution in [2.24, 2.45) is 22.7 Å². The third-order valence-corrected chi connectivity index (χ3v) is 12.9. The molecule has 50 heavy (non-hydrogen) atoms. The first-order valence-corrected chi connectivity index (χ1v) is 19.2. The summed E-state index contributed by atoms with van der Waals surface area (Å²) in [6, 6.07) is 18.8. The van der Waals surface area contributed by atoms with E-state index in [0.717, 1.165) is 25.8 Å². The molecular weight excluding hydrogens is 607 g/mol. The second kappa shape index (κ2) is 12.3. The van der Waals surface area contributed by atoms with Gasteiger partial charge in [0.25, 0.3) is 0 Å². The Hall–Kier alpha value is -4.63. The summed E-state index contributed by atoms with van der Waals surface area (Å²) >= 11 is 0. The fourth-order valence-electron chi connectivity index (χ4n) is 10.5. The van der Waals surface area contributed by atoms with Crippen molar-refractivity contribution >= 4 is 28.7 Å². The normalized spacial score (nSPS) is 33.1. The molecule has 0 amide bonds. The smallest absolute Gasteiger partial charge is 0.0586 e. The van der Waals surface area contributed by atoms with Crippen molar-refractivity contribution in [3.05, 3.63) is 155 Å². The number of anilines is 2. The molecule has 3 heterocycles. The third-order valence-electron chi connectivity index (χ3n) is 12.9. The number of aliphatic imine (C=N–C) groups is 1. The average Bonchev–Trinajstić information content (AvgIpc) is 3.91. The molecule has 0 N–H and O–H groups in total. The molecule has 2 aromatic rings. The van der Waals surface area contributed by atoms with E-state index in [9.17, 15) is 0 Å². The van der Waals surface area contributed by atoms with Crippen LogP contribution < -0.4 is 9.80 Å². The minimum absolute atomic E-state index is 0.306. The zero-order chi connectivity index (χ0) is 33.2. The molecule has 0 bridgehead atoms. The van der Waals surface area contributed by atoms with Gasteiger partial charge in [0.15, 0.2) is 0 Å². The topological polar surface area (TPSA) is 18.8 Å². The molecule has 3 heteroatoms. The monoisotopic (exact) mass is 653 g/mol. The number of fused-ring (bicyclic) bond motifs is 6. The van der Waals surface area contributed by atoms with Crippen LogP contribution in [0.2, 0.25) is 0 Å². The molecule has 3 aliphatic heterocycles. The summed E-state index contributed by atoms with van der Waals surface area (Å²) in [5, 5.41) is 0. The Labute approximate surface area is 297 Å². The van der Waals surface area contributed by atoms with Crippen molar-refractivity contribution in [1.29, 1.82) is 0 Å². The van der Waals surface area contributed by atoms with Gasteiger partial charge in [-0.05, 0) is 108 Å². The van der Waals surface area contributed by atoms with Gasteiger partial charge in [-0.3, -0.25) is 4.99 Å². The fourth-order valence-corrected chi connectivity index (χ4v) is 10.5. The number of hydrogen-bond donors (Lipinski definition) is 0. The second-order valence-electron chi connectivity index (χ2n) is 15.6. The first-order chi connectivity index (χ1) is 24.7. The summed E-state index contributed by atoms with van der Waals surface area (Å²) in [5.41, 5.74) is 12.7. The van der Waals surface area contributed by atoms with Crippen LogP contribution in [-0.2, 0) is 0 Å². The molecule has 2 aromatic carbocycles. The van der Waals surface area contributed by atoms with Crippen LogP contribution in [0.1, 0.15) is 68.1 Å². The largest absolute Gasteiger partial charge is 0.364 e. The SMILES string of the molecule is CC1C=CC(C2=CCN=C2)=CC1N1c2ccc(C3=CC4C5C=CCCC5N(c5ccc(C6=CC=CCC6)cc5)C4CC3)cc2C2C=CC=CC21. The van der Waals surface area contributed by atoms with Gasteiger partial charge in [0.2, 0.25) is 0 Å². The van der Waals surface area contributed by atoms with E-state index in [1.165, 1.54) is 64.0 Å². The summed E-state index contributed by atoms with van der Waals surface area (Å²) in [6.07, 6.45) is 42.5. The van der Waals surface area contributed by atoms with Gasteiger partial charge in [-0.25, -0.2) is 0 Å². The Morgan fingerprint density at radius 2 is 1.58 bits per heavy atom. The lowest BCUT2D eigenvalue weighted by molar-refractivity contribution is 0.437. The molecule has 3 nitrogen and oxygen atoms in total. The third kappa shape index (κ3) is 4.95. The highest BCUT2D eigenvalue weighted by Crippen LogP contribution is 2.52. The van der Waals surface area contributed by atoms with Crippen molar-refractivity contribution in [3.8, 4) is 0 Å². The molecule has 8 aliphatic rings. The number of allylic oxidation sites excluding steroid dienone is 11. The Morgan fingerprint density at radius 1 is 0.700 bits per heavy atom. The maximum absolute atomic E-state index is 4.48. The van der Waals surface area contributed by atoms with Gasteiger partial charge in [0.05, 0.1) is 18.6 Å². The van der Waals surface area contributed by atoms with E-state index in [1.807, 2.05) is 6.21 Å². The van der Waals surface area contributed by atoms with Crippen molar-refractivity contribution in [1.82, 2.24) is 0 Å².